The zero-order valence-corrected chi connectivity index (χ0v) is 9.43. The highest BCUT2D eigenvalue weighted by Gasteiger charge is 2.12. The third-order valence-electron chi connectivity index (χ3n) is 1.65. The van der Waals surface area contributed by atoms with Crippen molar-refractivity contribution in [1.29, 1.82) is 0 Å². The molecular formula is C10H8Cl2O3. The average molecular weight is 247 g/mol. The maximum Gasteiger partial charge on any atom is 0.345 e. The molecule has 1 aromatic rings. The Bertz CT molecular complexity index is 402. The van der Waals surface area contributed by atoms with Crippen LogP contribution in [-0.2, 0) is 9.53 Å². The predicted octanol–water partition coefficient (Wildman–Crippen LogP) is 3.09. The molecule has 0 N–H and O–H groups in total. The summed E-state index contributed by atoms with van der Waals surface area (Å²) in [6.07, 6.45) is 0.146. The normalized spacial score (nSPS) is 9.80. The third kappa shape index (κ3) is 3.22. The highest BCUT2D eigenvalue weighted by Crippen LogP contribution is 2.22. The van der Waals surface area contributed by atoms with Crippen molar-refractivity contribution >= 4 is 35.1 Å². The van der Waals surface area contributed by atoms with Crippen molar-refractivity contribution in [3.8, 4) is 0 Å². The Morgan fingerprint density at radius 1 is 1.27 bits per heavy atom. The van der Waals surface area contributed by atoms with Gasteiger partial charge in [0.25, 0.3) is 0 Å². The average Bonchev–Trinajstić information content (AvgIpc) is 2.21. The summed E-state index contributed by atoms with van der Waals surface area (Å²) in [5.74, 6) is -1.30. The molecule has 0 aliphatic heterocycles. The predicted molar refractivity (Wildman–Crippen MR) is 57.2 cm³/mol. The van der Waals surface area contributed by atoms with E-state index in [1.54, 1.807) is 6.92 Å². The number of halogens is 2. The fourth-order valence-corrected chi connectivity index (χ4v) is 1.16. The van der Waals surface area contributed by atoms with E-state index in [1.165, 1.54) is 18.2 Å². The van der Waals surface area contributed by atoms with Crippen molar-refractivity contribution in [2.45, 2.75) is 13.3 Å². The largest absolute Gasteiger partial charge is 0.389 e. The summed E-state index contributed by atoms with van der Waals surface area (Å²) in [5.41, 5.74) is 0.200. The van der Waals surface area contributed by atoms with Gasteiger partial charge in [-0.3, -0.25) is 4.79 Å². The first kappa shape index (κ1) is 12.0. The lowest BCUT2D eigenvalue weighted by molar-refractivity contribution is -0.137. The Labute approximate surface area is 96.9 Å². The summed E-state index contributed by atoms with van der Waals surface area (Å²) in [5, 5.41) is 0.588. The summed E-state index contributed by atoms with van der Waals surface area (Å²) >= 11 is 11.4. The second kappa shape index (κ2) is 5.14. The van der Waals surface area contributed by atoms with Gasteiger partial charge in [0.15, 0.2) is 0 Å². The molecule has 0 bridgehead atoms. The highest BCUT2D eigenvalue weighted by atomic mass is 35.5. The molecule has 0 saturated carbocycles. The van der Waals surface area contributed by atoms with Crippen LogP contribution in [0.5, 0.6) is 0 Å². The molecule has 0 spiro atoms. The van der Waals surface area contributed by atoms with Crippen LogP contribution in [0.1, 0.15) is 23.7 Å². The Morgan fingerprint density at radius 2 is 1.93 bits per heavy atom. The van der Waals surface area contributed by atoms with E-state index in [4.69, 9.17) is 23.2 Å². The van der Waals surface area contributed by atoms with Gasteiger partial charge in [-0.2, -0.15) is 0 Å². The highest BCUT2D eigenvalue weighted by molar-refractivity contribution is 6.42. The molecule has 0 heterocycles. The number of carbonyl (C=O) groups excluding carboxylic acids is 2. The molecule has 15 heavy (non-hydrogen) atoms. The van der Waals surface area contributed by atoms with Crippen LogP contribution in [0.4, 0.5) is 0 Å². The van der Waals surface area contributed by atoms with Crippen LogP contribution in [0.3, 0.4) is 0 Å². The summed E-state index contributed by atoms with van der Waals surface area (Å²) in [6.45, 7) is 1.60. The summed E-state index contributed by atoms with van der Waals surface area (Å²) in [4.78, 5) is 22.2. The number of hydrogen-bond acceptors (Lipinski definition) is 3. The molecule has 1 rings (SSSR count). The molecule has 0 fully saturated rings. The lowest BCUT2D eigenvalue weighted by Gasteiger charge is -2.02. The van der Waals surface area contributed by atoms with Gasteiger partial charge < -0.3 is 4.74 Å². The van der Waals surface area contributed by atoms with Crippen LogP contribution in [-0.4, -0.2) is 11.9 Å². The van der Waals surface area contributed by atoms with Gasteiger partial charge >= 0.3 is 11.9 Å². The smallest absolute Gasteiger partial charge is 0.345 e. The van der Waals surface area contributed by atoms with Crippen molar-refractivity contribution < 1.29 is 14.3 Å². The molecular weight excluding hydrogens is 239 g/mol. The number of benzene rings is 1. The third-order valence-corrected chi connectivity index (χ3v) is 2.39. The van der Waals surface area contributed by atoms with Crippen molar-refractivity contribution in [2.24, 2.45) is 0 Å². The summed E-state index contributed by atoms with van der Waals surface area (Å²) in [6, 6.07) is 4.27. The molecule has 0 amide bonds. The molecule has 0 aromatic heterocycles. The Morgan fingerprint density at radius 3 is 2.47 bits per heavy atom. The van der Waals surface area contributed by atoms with Gasteiger partial charge in [0.2, 0.25) is 0 Å². The minimum absolute atomic E-state index is 0.146. The molecule has 0 saturated heterocycles. The summed E-state index contributed by atoms with van der Waals surface area (Å²) < 4.78 is 4.50. The fraction of sp³-hybridized carbons (Fsp3) is 0.200. The lowest BCUT2D eigenvalue weighted by atomic mass is 10.2. The second-order valence-electron chi connectivity index (χ2n) is 2.74. The van der Waals surface area contributed by atoms with Gasteiger partial charge in [-0.25, -0.2) is 4.79 Å². The molecule has 3 nitrogen and oxygen atoms in total. The van der Waals surface area contributed by atoms with Gasteiger partial charge in [-0.1, -0.05) is 30.1 Å². The van der Waals surface area contributed by atoms with E-state index in [0.717, 1.165) is 0 Å². The first-order valence-corrected chi connectivity index (χ1v) is 5.00. The Balaban J connectivity index is 2.83. The Kier molecular flexibility index (Phi) is 4.12. The Hall–Kier alpha value is -1.06. The van der Waals surface area contributed by atoms with E-state index in [-0.39, 0.29) is 17.0 Å². The van der Waals surface area contributed by atoms with Gasteiger partial charge in [0, 0.05) is 6.42 Å². The maximum absolute atomic E-state index is 11.3. The van der Waals surface area contributed by atoms with E-state index >= 15 is 0 Å². The lowest BCUT2D eigenvalue weighted by Crippen LogP contribution is -2.11. The van der Waals surface area contributed by atoms with E-state index in [0.29, 0.717) is 5.02 Å². The zero-order chi connectivity index (χ0) is 11.4. The minimum atomic E-state index is -0.722. The van der Waals surface area contributed by atoms with Crippen LogP contribution >= 0.6 is 23.2 Å². The van der Waals surface area contributed by atoms with Crippen molar-refractivity contribution in [1.82, 2.24) is 0 Å². The first-order valence-electron chi connectivity index (χ1n) is 4.24. The van der Waals surface area contributed by atoms with Crippen LogP contribution in [0.15, 0.2) is 18.2 Å². The SMILES string of the molecule is CCC(=O)OC(=O)c1ccc(Cl)c(Cl)c1. The second-order valence-corrected chi connectivity index (χ2v) is 3.56. The topological polar surface area (TPSA) is 43.4 Å². The first-order chi connectivity index (χ1) is 7.04. The van der Waals surface area contributed by atoms with Crippen molar-refractivity contribution in [3.05, 3.63) is 33.8 Å². The van der Waals surface area contributed by atoms with Crippen LogP contribution in [0.2, 0.25) is 10.0 Å². The minimum Gasteiger partial charge on any atom is -0.389 e. The van der Waals surface area contributed by atoms with E-state index in [1.807, 2.05) is 0 Å². The molecule has 1 aromatic carbocycles. The molecule has 0 aliphatic carbocycles. The van der Waals surface area contributed by atoms with E-state index in [9.17, 15) is 9.59 Å². The number of rotatable bonds is 2. The van der Waals surface area contributed by atoms with Gasteiger partial charge in [0.05, 0.1) is 15.6 Å². The van der Waals surface area contributed by atoms with E-state index in [2.05, 4.69) is 4.74 Å². The molecule has 5 heteroatoms. The van der Waals surface area contributed by atoms with Crippen molar-refractivity contribution in [2.75, 3.05) is 0 Å². The number of hydrogen-bond donors (Lipinski definition) is 0. The standard InChI is InChI=1S/C10H8Cl2O3/c1-2-9(13)15-10(14)6-3-4-7(11)8(12)5-6/h3-5H,2H2,1H3. The van der Waals surface area contributed by atoms with Crippen molar-refractivity contribution in [3.63, 3.8) is 0 Å². The summed E-state index contributed by atoms with van der Waals surface area (Å²) in [7, 11) is 0. The van der Waals surface area contributed by atoms with E-state index < -0.39 is 11.9 Å². The van der Waals surface area contributed by atoms with Crippen LogP contribution in [0, 0.1) is 0 Å². The molecule has 0 atom stereocenters. The maximum atomic E-state index is 11.3. The number of ether oxygens (including phenoxy) is 1. The zero-order valence-electron chi connectivity index (χ0n) is 7.92. The van der Waals surface area contributed by atoms with Gasteiger partial charge in [0.1, 0.15) is 0 Å². The molecule has 0 radical (unpaired) electrons. The monoisotopic (exact) mass is 246 g/mol. The quantitative estimate of drug-likeness (QED) is 0.595. The number of carbonyl (C=O) groups is 2. The molecule has 0 unspecified atom stereocenters. The number of esters is 2. The van der Waals surface area contributed by atoms with Crippen LogP contribution < -0.4 is 0 Å². The van der Waals surface area contributed by atoms with Gasteiger partial charge in [-0.15, -0.1) is 0 Å². The van der Waals surface area contributed by atoms with Gasteiger partial charge in [-0.05, 0) is 18.2 Å². The molecule has 0 aliphatic rings. The van der Waals surface area contributed by atoms with Crippen LogP contribution in [0.25, 0.3) is 0 Å². The molecule has 80 valence electrons. The fourth-order valence-electron chi connectivity index (χ4n) is 0.858.